The highest BCUT2D eigenvalue weighted by Gasteiger charge is 2.25. The van der Waals surface area contributed by atoms with Gasteiger partial charge in [-0.1, -0.05) is 19.8 Å². The summed E-state index contributed by atoms with van der Waals surface area (Å²) in [6.45, 7) is 10.7. The molecule has 4 nitrogen and oxygen atoms in total. The van der Waals surface area contributed by atoms with Crippen LogP contribution in [0.1, 0.15) is 60.3 Å². The quantitative estimate of drug-likeness (QED) is 0.807. The third-order valence-electron chi connectivity index (χ3n) is 3.63. The predicted molar refractivity (Wildman–Crippen MR) is 78.3 cm³/mol. The minimum Gasteiger partial charge on any atom is -0.444 e. The average Bonchev–Trinajstić information content (AvgIpc) is 2.70. The number of amides is 1. The van der Waals surface area contributed by atoms with Crippen LogP contribution in [0.2, 0.25) is 0 Å². The van der Waals surface area contributed by atoms with Gasteiger partial charge in [-0.05, 0) is 46.5 Å². The van der Waals surface area contributed by atoms with Crippen LogP contribution in [0, 0.1) is 5.92 Å². The normalized spacial score (nSPS) is 25.1. The maximum absolute atomic E-state index is 11.6. The molecule has 1 aliphatic carbocycles. The fourth-order valence-electron chi connectivity index (χ4n) is 2.68. The molecule has 19 heavy (non-hydrogen) atoms. The molecule has 4 heteroatoms. The Morgan fingerprint density at radius 1 is 1.37 bits per heavy atom. The molecule has 1 rings (SSSR count). The zero-order valence-electron chi connectivity index (χ0n) is 13.1. The van der Waals surface area contributed by atoms with Crippen molar-refractivity contribution in [1.82, 2.24) is 10.6 Å². The summed E-state index contributed by atoms with van der Waals surface area (Å²) in [6, 6.07) is 0.709. The van der Waals surface area contributed by atoms with Gasteiger partial charge in [0.05, 0.1) is 0 Å². The van der Waals surface area contributed by atoms with Crippen molar-refractivity contribution in [3.8, 4) is 0 Å². The number of nitrogens with one attached hydrogen (secondary N) is 2. The van der Waals surface area contributed by atoms with E-state index in [1.165, 1.54) is 25.7 Å². The molecule has 3 unspecified atom stereocenters. The number of rotatable bonds is 5. The monoisotopic (exact) mass is 270 g/mol. The number of alkyl carbamates (subject to hydrolysis) is 1. The van der Waals surface area contributed by atoms with Gasteiger partial charge < -0.3 is 15.4 Å². The maximum atomic E-state index is 11.6. The van der Waals surface area contributed by atoms with E-state index in [-0.39, 0.29) is 12.1 Å². The van der Waals surface area contributed by atoms with Gasteiger partial charge >= 0.3 is 6.09 Å². The first-order chi connectivity index (χ1) is 8.81. The van der Waals surface area contributed by atoms with E-state index in [9.17, 15) is 4.79 Å². The van der Waals surface area contributed by atoms with Crippen LogP contribution >= 0.6 is 0 Å². The standard InChI is InChI=1S/C15H30N2O2/c1-6-12-8-7-9-13(12)16-10-11(2)17-14(18)19-15(3,4)5/h11-13,16H,6-10H2,1-5H3,(H,17,18). The molecule has 2 N–H and O–H groups in total. The average molecular weight is 270 g/mol. The SMILES string of the molecule is CCC1CCCC1NCC(C)NC(=O)OC(C)(C)C. The Bertz CT molecular complexity index is 286. The van der Waals surface area contributed by atoms with Crippen molar-refractivity contribution in [2.24, 2.45) is 5.92 Å². The molecular weight excluding hydrogens is 240 g/mol. The van der Waals surface area contributed by atoms with Gasteiger partial charge in [-0.3, -0.25) is 0 Å². The highest BCUT2D eigenvalue weighted by molar-refractivity contribution is 5.68. The third-order valence-corrected chi connectivity index (χ3v) is 3.63. The zero-order valence-corrected chi connectivity index (χ0v) is 13.1. The van der Waals surface area contributed by atoms with Crippen molar-refractivity contribution in [2.75, 3.05) is 6.54 Å². The van der Waals surface area contributed by atoms with Crippen molar-refractivity contribution in [1.29, 1.82) is 0 Å². The first-order valence-corrected chi connectivity index (χ1v) is 7.54. The fourth-order valence-corrected chi connectivity index (χ4v) is 2.68. The molecule has 0 bridgehead atoms. The Labute approximate surface area is 117 Å². The van der Waals surface area contributed by atoms with Crippen LogP contribution in [0.5, 0.6) is 0 Å². The molecule has 0 heterocycles. The number of hydrogen-bond donors (Lipinski definition) is 2. The number of ether oxygens (including phenoxy) is 1. The zero-order chi connectivity index (χ0) is 14.5. The first-order valence-electron chi connectivity index (χ1n) is 7.54. The minimum atomic E-state index is -0.435. The minimum absolute atomic E-state index is 0.0907. The van der Waals surface area contributed by atoms with E-state index in [2.05, 4.69) is 17.6 Å². The highest BCUT2D eigenvalue weighted by Crippen LogP contribution is 2.27. The predicted octanol–water partition coefficient (Wildman–Crippen LogP) is 3.07. The van der Waals surface area contributed by atoms with Crippen LogP contribution in [0.15, 0.2) is 0 Å². The molecule has 1 fully saturated rings. The van der Waals surface area contributed by atoms with Crippen LogP contribution in [0.25, 0.3) is 0 Å². The maximum Gasteiger partial charge on any atom is 0.407 e. The van der Waals surface area contributed by atoms with Crippen LogP contribution in [-0.2, 0) is 4.74 Å². The number of hydrogen-bond acceptors (Lipinski definition) is 3. The van der Waals surface area contributed by atoms with E-state index in [1.54, 1.807) is 0 Å². The Kier molecular flexibility index (Phi) is 6.11. The molecule has 112 valence electrons. The third kappa shape index (κ3) is 6.28. The van der Waals surface area contributed by atoms with Crippen molar-refractivity contribution >= 4 is 6.09 Å². The van der Waals surface area contributed by atoms with Gasteiger partial charge in [0, 0.05) is 18.6 Å². The second kappa shape index (κ2) is 7.13. The topological polar surface area (TPSA) is 50.4 Å². The molecule has 0 radical (unpaired) electrons. The lowest BCUT2D eigenvalue weighted by Crippen LogP contribution is -2.45. The van der Waals surface area contributed by atoms with Crippen LogP contribution in [-0.4, -0.2) is 30.3 Å². The largest absolute Gasteiger partial charge is 0.444 e. The van der Waals surface area contributed by atoms with Crippen molar-refractivity contribution in [2.45, 2.75) is 78.0 Å². The van der Waals surface area contributed by atoms with Crippen molar-refractivity contribution in [3.05, 3.63) is 0 Å². The summed E-state index contributed by atoms with van der Waals surface area (Å²) < 4.78 is 5.24. The van der Waals surface area contributed by atoms with Gasteiger partial charge in [-0.2, -0.15) is 0 Å². The molecular formula is C15H30N2O2. The summed E-state index contributed by atoms with van der Waals surface area (Å²) in [5, 5.41) is 6.45. The van der Waals surface area contributed by atoms with Gasteiger partial charge in [0.25, 0.3) is 0 Å². The van der Waals surface area contributed by atoms with E-state index < -0.39 is 5.60 Å². The summed E-state index contributed by atoms with van der Waals surface area (Å²) in [5.41, 5.74) is -0.435. The second-order valence-electron chi connectivity index (χ2n) is 6.66. The van der Waals surface area contributed by atoms with Crippen molar-refractivity contribution in [3.63, 3.8) is 0 Å². The summed E-state index contributed by atoms with van der Waals surface area (Å²) in [4.78, 5) is 11.6. The van der Waals surface area contributed by atoms with Gasteiger partial charge in [-0.15, -0.1) is 0 Å². The smallest absolute Gasteiger partial charge is 0.407 e. The summed E-state index contributed by atoms with van der Waals surface area (Å²) >= 11 is 0. The summed E-state index contributed by atoms with van der Waals surface area (Å²) in [7, 11) is 0. The lowest BCUT2D eigenvalue weighted by atomic mass is 10.0. The summed E-state index contributed by atoms with van der Waals surface area (Å²) in [5.74, 6) is 0.800. The van der Waals surface area contributed by atoms with Gasteiger partial charge in [0.1, 0.15) is 5.60 Å². The molecule has 3 atom stereocenters. The molecule has 1 saturated carbocycles. The lowest BCUT2D eigenvalue weighted by Gasteiger charge is -2.24. The van der Waals surface area contributed by atoms with Crippen LogP contribution < -0.4 is 10.6 Å². The molecule has 0 aliphatic heterocycles. The molecule has 0 saturated heterocycles. The highest BCUT2D eigenvalue weighted by atomic mass is 16.6. The van der Waals surface area contributed by atoms with Gasteiger partial charge in [-0.25, -0.2) is 4.79 Å². The first kappa shape index (κ1) is 16.3. The summed E-state index contributed by atoms with van der Waals surface area (Å²) in [6.07, 6.45) is 4.83. The van der Waals surface area contributed by atoms with Crippen LogP contribution in [0.4, 0.5) is 4.79 Å². The number of carbonyl (C=O) groups is 1. The molecule has 1 aliphatic rings. The number of carbonyl (C=O) groups excluding carboxylic acids is 1. The Morgan fingerprint density at radius 3 is 2.63 bits per heavy atom. The van der Waals surface area contributed by atoms with Gasteiger partial charge in [0.15, 0.2) is 0 Å². The van der Waals surface area contributed by atoms with E-state index in [0.29, 0.717) is 6.04 Å². The van der Waals surface area contributed by atoms with E-state index in [4.69, 9.17) is 4.74 Å². The Balaban J connectivity index is 2.24. The lowest BCUT2D eigenvalue weighted by molar-refractivity contribution is 0.0507. The second-order valence-corrected chi connectivity index (χ2v) is 6.66. The van der Waals surface area contributed by atoms with E-state index >= 15 is 0 Å². The molecule has 1 amide bonds. The van der Waals surface area contributed by atoms with Crippen molar-refractivity contribution < 1.29 is 9.53 Å². The van der Waals surface area contributed by atoms with E-state index in [1.807, 2.05) is 27.7 Å². The molecule has 0 aromatic rings. The van der Waals surface area contributed by atoms with E-state index in [0.717, 1.165) is 12.5 Å². The molecule has 0 aromatic heterocycles. The molecule has 0 spiro atoms. The fraction of sp³-hybridized carbons (Fsp3) is 0.933. The van der Waals surface area contributed by atoms with Crippen LogP contribution in [0.3, 0.4) is 0 Å². The Morgan fingerprint density at radius 2 is 2.05 bits per heavy atom. The molecule has 0 aromatic carbocycles. The Hall–Kier alpha value is -0.770. The van der Waals surface area contributed by atoms with Gasteiger partial charge in [0.2, 0.25) is 0 Å².